The molecular formula is C47H57N13O3. The molecule has 3 N–H and O–H groups in total. The molecule has 1 aromatic carbocycles. The molecule has 4 fully saturated rings. The summed E-state index contributed by atoms with van der Waals surface area (Å²) in [6, 6.07) is 8.23. The quantitative estimate of drug-likeness (QED) is 0.154. The summed E-state index contributed by atoms with van der Waals surface area (Å²) in [5.41, 5.74) is 6.72. The second-order valence-electron chi connectivity index (χ2n) is 19.8. The largest absolute Gasteiger partial charge is 0.351 e. The van der Waals surface area contributed by atoms with Crippen LogP contribution in [-0.2, 0) is 29.2 Å². The van der Waals surface area contributed by atoms with E-state index in [2.05, 4.69) is 45.4 Å². The number of para-hydroxylation sites is 1. The molecule has 2 unspecified atom stereocenters. The van der Waals surface area contributed by atoms with Gasteiger partial charge in [-0.25, -0.2) is 24.5 Å². The van der Waals surface area contributed by atoms with E-state index in [0.717, 1.165) is 125 Å². The molecule has 6 aliphatic rings. The van der Waals surface area contributed by atoms with Crippen molar-refractivity contribution in [3.05, 3.63) is 80.4 Å². The van der Waals surface area contributed by atoms with Crippen molar-refractivity contribution in [2.45, 2.75) is 164 Å². The van der Waals surface area contributed by atoms with Gasteiger partial charge in [-0.2, -0.15) is 9.97 Å². The fourth-order valence-electron chi connectivity index (χ4n) is 12.9. The van der Waals surface area contributed by atoms with Crippen molar-refractivity contribution in [3.63, 3.8) is 0 Å². The van der Waals surface area contributed by atoms with Gasteiger partial charge in [0.1, 0.15) is 16.9 Å². The second kappa shape index (κ2) is 14.4. The van der Waals surface area contributed by atoms with Crippen molar-refractivity contribution in [1.29, 1.82) is 0 Å². The zero-order valence-corrected chi connectivity index (χ0v) is 36.6. The lowest BCUT2D eigenvalue weighted by Crippen LogP contribution is -2.41. The smallest absolute Gasteiger partial charge is 0.330 e. The topological polar surface area (TPSA) is 176 Å². The highest BCUT2D eigenvalue weighted by molar-refractivity contribution is 6.06. The number of hydrogen-bond donors (Lipinski definition) is 3. The Bertz CT molecular complexity index is 2930. The summed E-state index contributed by atoms with van der Waals surface area (Å²) in [7, 11) is 1.77. The Morgan fingerprint density at radius 2 is 1.30 bits per heavy atom. The van der Waals surface area contributed by atoms with E-state index in [0.29, 0.717) is 35.1 Å². The molecule has 16 nitrogen and oxygen atoms in total. The molecule has 6 aromatic rings. The van der Waals surface area contributed by atoms with Crippen molar-refractivity contribution in [1.82, 2.24) is 47.8 Å². The van der Waals surface area contributed by atoms with Gasteiger partial charge in [0.25, 0.3) is 0 Å². The van der Waals surface area contributed by atoms with Crippen LogP contribution in [0, 0.1) is 13.8 Å². The number of nitrogens with one attached hydrogen (secondary N) is 3. The predicted molar refractivity (Wildman–Crippen MR) is 240 cm³/mol. The van der Waals surface area contributed by atoms with E-state index in [9.17, 15) is 14.4 Å². The number of anilines is 3. The number of hydrogen-bond acceptors (Lipinski definition) is 10. The van der Waals surface area contributed by atoms with Crippen molar-refractivity contribution < 1.29 is 4.79 Å². The monoisotopic (exact) mass is 851 g/mol. The Morgan fingerprint density at radius 3 is 2.02 bits per heavy atom. The Kier molecular flexibility index (Phi) is 8.85. The molecule has 328 valence electrons. The minimum absolute atomic E-state index is 0.0251. The fourth-order valence-corrected chi connectivity index (χ4v) is 12.9. The average molecular weight is 852 g/mol. The first-order valence-electron chi connectivity index (χ1n) is 23.5. The van der Waals surface area contributed by atoms with Crippen molar-refractivity contribution in [2.75, 3.05) is 16.0 Å². The minimum atomic E-state index is -0.491. The summed E-state index contributed by atoms with van der Waals surface area (Å²) < 4.78 is 9.79. The third-order valence-corrected chi connectivity index (χ3v) is 16.6. The maximum absolute atomic E-state index is 14.7. The number of imidazole rings is 3. The molecule has 12 rings (SSSR count). The Labute approximate surface area is 364 Å². The van der Waals surface area contributed by atoms with E-state index >= 15 is 0 Å². The average Bonchev–Trinajstić information content (AvgIpc) is 4.18. The maximum Gasteiger partial charge on any atom is 0.330 e. The van der Waals surface area contributed by atoms with Gasteiger partial charge in [-0.05, 0) is 115 Å². The standard InChI is InChI=1S/C47H57N13O3/c1-27-28(2)57-23-22-46(40(57)50-27)18-14-29(15-19-46)51-43-49-26-37-39(55-43)59(31-8-4-5-9-31)45(63)58(37)32-12-13-33(24-32)60-38-36(56(3)44(60)62)25-48-42(54-38)52-30-16-20-47(21-17-30)34-10-6-7-11-35(34)53-41(47)61/h6-7,10-11,25-26,29-33H,4-5,8-9,12-24H2,1-3H3,(H,53,61)(H,48,52,54)(H,49,51,55). The summed E-state index contributed by atoms with van der Waals surface area (Å²) >= 11 is 0. The normalized spacial score (nSPS) is 28.1. The van der Waals surface area contributed by atoms with Gasteiger partial charge in [-0.3, -0.25) is 23.1 Å². The van der Waals surface area contributed by atoms with Crippen LogP contribution in [0.5, 0.6) is 0 Å². The van der Waals surface area contributed by atoms with Crippen LogP contribution in [0.2, 0.25) is 0 Å². The molecule has 7 heterocycles. The highest BCUT2D eigenvalue weighted by atomic mass is 16.2. The van der Waals surface area contributed by atoms with Crippen molar-refractivity contribution in [2.24, 2.45) is 7.05 Å². The lowest BCUT2D eigenvalue weighted by Gasteiger charge is -2.36. The number of amides is 1. The van der Waals surface area contributed by atoms with E-state index in [-0.39, 0.29) is 52.9 Å². The van der Waals surface area contributed by atoms with E-state index in [1.165, 1.54) is 11.5 Å². The van der Waals surface area contributed by atoms with Gasteiger partial charge < -0.3 is 20.5 Å². The highest BCUT2D eigenvalue weighted by Crippen LogP contribution is 2.49. The predicted octanol–water partition coefficient (Wildman–Crippen LogP) is 6.87. The van der Waals surface area contributed by atoms with Crippen LogP contribution in [-0.4, -0.2) is 65.7 Å². The zero-order chi connectivity index (χ0) is 42.8. The summed E-state index contributed by atoms with van der Waals surface area (Å²) in [5, 5.41) is 10.3. The maximum atomic E-state index is 14.7. The lowest BCUT2D eigenvalue weighted by molar-refractivity contribution is -0.122. The van der Waals surface area contributed by atoms with E-state index in [1.807, 2.05) is 38.1 Å². The number of aryl methyl sites for hydroxylation is 2. The van der Waals surface area contributed by atoms with E-state index < -0.39 is 5.41 Å². The second-order valence-corrected chi connectivity index (χ2v) is 19.8. The molecule has 4 saturated carbocycles. The first-order chi connectivity index (χ1) is 30.6. The van der Waals surface area contributed by atoms with Gasteiger partial charge >= 0.3 is 11.4 Å². The molecule has 5 aromatic heterocycles. The first kappa shape index (κ1) is 38.8. The Morgan fingerprint density at radius 1 is 0.683 bits per heavy atom. The molecule has 63 heavy (non-hydrogen) atoms. The van der Waals surface area contributed by atoms with Crippen LogP contribution in [0.25, 0.3) is 22.3 Å². The highest BCUT2D eigenvalue weighted by Gasteiger charge is 2.49. The number of carbonyl (C=O) groups excluding carboxylic acids is 1. The SMILES string of the molecule is Cc1nc2n(c1C)CCC21CCC(Nc2ncc3c(n2)n(C2CCCC2)c(=O)n3C2CCC(n3c(=O)n(C)c4cnc(NC5CCC6(CC5)C(=O)Nc5ccccc56)nc43)C2)CC1. The van der Waals surface area contributed by atoms with Crippen LogP contribution in [0.1, 0.15) is 144 Å². The summed E-state index contributed by atoms with van der Waals surface area (Å²) in [4.78, 5) is 66.5. The number of fused-ring (bicyclic) bond motifs is 6. The van der Waals surface area contributed by atoms with Crippen LogP contribution >= 0.6 is 0 Å². The van der Waals surface area contributed by atoms with Gasteiger partial charge in [-0.1, -0.05) is 31.0 Å². The molecule has 1 amide bonds. The number of benzene rings is 1. The summed E-state index contributed by atoms with van der Waals surface area (Å²) in [6.45, 7) is 5.38. The van der Waals surface area contributed by atoms with E-state index in [4.69, 9.17) is 19.9 Å². The third kappa shape index (κ3) is 5.91. The molecule has 2 spiro atoms. The molecule has 0 saturated heterocycles. The molecular weight excluding hydrogens is 795 g/mol. The van der Waals surface area contributed by atoms with Gasteiger partial charge in [-0.15, -0.1) is 0 Å². The van der Waals surface area contributed by atoms with Crippen LogP contribution in [0.4, 0.5) is 17.6 Å². The molecule has 4 aliphatic carbocycles. The first-order valence-corrected chi connectivity index (χ1v) is 23.5. The minimum Gasteiger partial charge on any atom is -0.351 e. The number of aromatic nitrogens is 10. The van der Waals surface area contributed by atoms with E-state index in [1.54, 1.807) is 17.8 Å². The van der Waals surface area contributed by atoms with Gasteiger partial charge in [0.15, 0.2) is 11.3 Å². The van der Waals surface area contributed by atoms with Crippen molar-refractivity contribution >= 4 is 45.8 Å². The van der Waals surface area contributed by atoms with Crippen LogP contribution < -0.4 is 27.3 Å². The molecule has 16 heteroatoms. The number of nitrogens with zero attached hydrogens (tertiary/aromatic N) is 10. The van der Waals surface area contributed by atoms with Crippen LogP contribution in [0.15, 0.2) is 46.2 Å². The van der Waals surface area contributed by atoms with Gasteiger partial charge in [0, 0.05) is 60.6 Å². The van der Waals surface area contributed by atoms with Gasteiger partial charge in [0.05, 0.1) is 23.5 Å². The summed E-state index contributed by atoms with van der Waals surface area (Å²) in [6.07, 6.45) is 18.3. The van der Waals surface area contributed by atoms with Crippen molar-refractivity contribution in [3.8, 4) is 0 Å². The Hall–Kier alpha value is -5.80. The Balaban J connectivity index is 0.784. The fraction of sp³-hybridized carbons (Fsp3) is 0.574. The third-order valence-electron chi connectivity index (χ3n) is 16.6. The molecule has 0 radical (unpaired) electrons. The zero-order valence-electron chi connectivity index (χ0n) is 36.6. The summed E-state index contributed by atoms with van der Waals surface area (Å²) in [5.74, 6) is 2.44. The molecule has 0 bridgehead atoms. The van der Waals surface area contributed by atoms with Gasteiger partial charge in [0.2, 0.25) is 17.8 Å². The lowest BCUT2D eigenvalue weighted by atomic mass is 9.69. The molecule has 2 atom stereocenters. The van der Waals surface area contributed by atoms with Crippen LogP contribution in [0.3, 0.4) is 0 Å². The number of carbonyl (C=O) groups is 1. The number of rotatable bonds is 7. The molecule has 2 aliphatic heterocycles.